The molecule has 0 aromatic heterocycles. The molecule has 4 heteroatoms. The predicted octanol–water partition coefficient (Wildman–Crippen LogP) is 2.97. The normalized spacial score (nSPS) is 23.7. The quantitative estimate of drug-likeness (QED) is 0.687. The second-order valence-corrected chi connectivity index (χ2v) is 6.32. The van der Waals surface area contributed by atoms with Crippen LogP contribution in [-0.4, -0.2) is 35.0 Å². The molecule has 3 rings (SSSR count). The van der Waals surface area contributed by atoms with Crippen molar-refractivity contribution in [1.29, 1.82) is 0 Å². The van der Waals surface area contributed by atoms with Gasteiger partial charge in [-0.3, -0.25) is 4.79 Å². The number of fused-ring (bicyclic) bond motifs is 1. The Hall–Kier alpha value is -2.36. The van der Waals surface area contributed by atoms with Crippen molar-refractivity contribution in [2.24, 2.45) is 11.8 Å². The topological polar surface area (TPSA) is 57.6 Å². The van der Waals surface area contributed by atoms with Crippen LogP contribution in [0.4, 0.5) is 0 Å². The number of amides is 1. The van der Waals surface area contributed by atoms with Gasteiger partial charge in [-0.2, -0.15) is 0 Å². The molecule has 23 heavy (non-hydrogen) atoms. The van der Waals surface area contributed by atoms with Crippen molar-refractivity contribution >= 4 is 18.0 Å². The van der Waals surface area contributed by atoms with E-state index in [2.05, 4.69) is 12.2 Å². The first kappa shape index (κ1) is 15.5. The Balaban J connectivity index is 1.68. The van der Waals surface area contributed by atoms with Gasteiger partial charge < -0.3 is 10.0 Å². The van der Waals surface area contributed by atoms with Crippen LogP contribution in [-0.2, 0) is 9.59 Å². The first-order chi connectivity index (χ1) is 11.1. The molecule has 0 radical (unpaired) electrons. The third-order valence-corrected chi connectivity index (χ3v) is 4.73. The number of nitrogens with zero attached hydrogens (tertiary/aromatic N) is 1. The van der Waals surface area contributed by atoms with E-state index in [1.165, 1.54) is 0 Å². The molecule has 1 fully saturated rings. The summed E-state index contributed by atoms with van der Waals surface area (Å²) in [5.74, 6) is -0.0323. The lowest BCUT2D eigenvalue weighted by atomic mass is 9.86. The summed E-state index contributed by atoms with van der Waals surface area (Å²) < 4.78 is 0. The second-order valence-electron chi connectivity index (χ2n) is 6.32. The average molecular weight is 311 g/mol. The molecule has 0 saturated carbocycles. The molecule has 2 unspecified atom stereocenters. The zero-order valence-corrected chi connectivity index (χ0v) is 13.0. The number of carboxylic acids is 1. The predicted molar refractivity (Wildman–Crippen MR) is 88.6 cm³/mol. The van der Waals surface area contributed by atoms with E-state index in [9.17, 15) is 14.7 Å². The molecule has 1 amide bonds. The maximum absolute atomic E-state index is 12.5. The van der Waals surface area contributed by atoms with Gasteiger partial charge in [-0.05, 0) is 36.3 Å². The van der Waals surface area contributed by atoms with Crippen molar-refractivity contribution in [3.05, 3.63) is 53.6 Å². The summed E-state index contributed by atoms with van der Waals surface area (Å²) in [6.45, 7) is 1.51. The van der Waals surface area contributed by atoms with E-state index in [0.29, 0.717) is 11.8 Å². The maximum atomic E-state index is 12.5. The van der Waals surface area contributed by atoms with Gasteiger partial charge in [0.2, 0.25) is 5.91 Å². The average Bonchev–Trinajstić information content (AvgIpc) is 2.99. The van der Waals surface area contributed by atoms with Crippen LogP contribution in [0.3, 0.4) is 0 Å². The van der Waals surface area contributed by atoms with Gasteiger partial charge in [-0.15, -0.1) is 0 Å². The Morgan fingerprint density at radius 2 is 1.70 bits per heavy atom. The van der Waals surface area contributed by atoms with Crippen LogP contribution in [0.25, 0.3) is 6.08 Å². The van der Waals surface area contributed by atoms with Crippen molar-refractivity contribution < 1.29 is 14.7 Å². The summed E-state index contributed by atoms with van der Waals surface area (Å²) in [5.41, 5.74) is 0.950. The van der Waals surface area contributed by atoms with Crippen molar-refractivity contribution in [2.45, 2.75) is 19.3 Å². The minimum atomic E-state index is -1.03. The van der Waals surface area contributed by atoms with E-state index in [1.807, 2.05) is 35.2 Å². The van der Waals surface area contributed by atoms with Crippen molar-refractivity contribution in [3.8, 4) is 0 Å². The van der Waals surface area contributed by atoms with Gasteiger partial charge in [0.15, 0.2) is 0 Å². The number of aliphatic carboxylic acids is 1. The molecule has 120 valence electrons. The van der Waals surface area contributed by atoms with E-state index in [1.54, 1.807) is 6.08 Å². The Kier molecular flexibility index (Phi) is 4.60. The van der Waals surface area contributed by atoms with E-state index in [-0.39, 0.29) is 17.9 Å². The van der Waals surface area contributed by atoms with E-state index >= 15 is 0 Å². The molecular formula is C19H21NO3. The van der Waals surface area contributed by atoms with Gasteiger partial charge in [0.05, 0.1) is 6.42 Å². The van der Waals surface area contributed by atoms with Crippen molar-refractivity contribution in [1.82, 2.24) is 4.90 Å². The SMILES string of the molecule is O=C(O)C(=Cc1ccccc1)CC(=O)N1CC2CC=CCC2C1. The molecule has 1 heterocycles. The fraction of sp³-hybridized carbons (Fsp3) is 0.368. The first-order valence-electron chi connectivity index (χ1n) is 8.05. The largest absolute Gasteiger partial charge is 0.478 e. The number of hydrogen-bond donors (Lipinski definition) is 1. The third kappa shape index (κ3) is 3.70. The Labute approximate surface area is 136 Å². The monoisotopic (exact) mass is 311 g/mol. The molecule has 2 atom stereocenters. The maximum Gasteiger partial charge on any atom is 0.332 e. The van der Waals surface area contributed by atoms with Gasteiger partial charge in [0, 0.05) is 18.7 Å². The van der Waals surface area contributed by atoms with E-state index in [0.717, 1.165) is 31.5 Å². The molecule has 1 aromatic carbocycles. The highest BCUT2D eigenvalue weighted by Crippen LogP contribution is 2.33. The highest BCUT2D eigenvalue weighted by atomic mass is 16.4. The van der Waals surface area contributed by atoms with Crippen LogP contribution in [0.1, 0.15) is 24.8 Å². The highest BCUT2D eigenvalue weighted by molar-refractivity contribution is 5.98. The highest BCUT2D eigenvalue weighted by Gasteiger charge is 2.35. The van der Waals surface area contributed by atoms with Crippen LogP contribution < -0.4 is 0 Å². The number of carbonyl (C=O) groups is 2. The molecule has 1 aliphatic carbocycles. The second kappa shape index (κ2) is 6.82. The number of carbonyl (C=O) groups excluding carboxylic acids is 1. The van der Waals surface area contributed by atoms with Crippen LogP contribution in [0.2, 0.25) is 0 Å². The smallest absolute Gasteiger partial charge is 0.332 e. The number of allylic oxidation sites excluding steroid dienone is 2. The Morgan fingerprint density at radius 1 is 1.09 bits per heavy atom. The molecule has 4 nitrogen and oxygen atoms in total. The zero-order valence-electron chi connectivity index (χ0n) is 13.0. The number of rotatable bonds is 4. The summed E-state index contributed by atoms with van der Waals surface area (Å²) >= 11 is 0. The fourth-order valence-corrected chi connectivity index (χ4v) is 3.43. The summed E-state index contributed by atoms with van der Waals surface area (Å²) in [4.78, 5) is 25.8. The molecule has 2 aliphatic rings. The minimum absolute atomic E-state index is 0.0445. The lowest BCUT2D eigenvalue weighted by Crippen LogP contribution is -2.29. The van der Waals surface area contributed by atoms with Gasteiger partial charge >= 0.3 is 5.97 Å². The van der Waals surface area contributed by atoms with Gasteiger partial charge in [0.25, 0.3) is 0 Å². The zero-order chi connectivity index (χ0) is 16.2. The fourth-order valence-electron chi connectivity index (χ4n) is 3.43. The Morgan fingerprint density at radius 3 is 2.26 bits per heavy atom. The van der Waals surface area contributed by atoms with Crippen LogP contribution >= 0.6 is 0 Å². The molecule has 1 aromatic rings. The van der Waals surface area contributed by atoms with Gasteiger partial charge in [-0.1, -0.05) is 42.5 Å². The standard InChI is InChI=1S/C19H21NO3/c21-18(20-12-15-8-4-5-9-16(15)13-20)11-17(19(22)23)10-14-6-2-1-3-7-14/h1-7,10,15-16H,8-9,11-13H2,(H,22,23). The summed E-state index contributed by atoms with van der Waals surface area (Å²) in [6.07, 6.45) is 7.97. The van der Waals surface area contributed by atoms with Crippen LogP contribution in [0.15, 0.2) is 48.1 Å². The third-order valence-electron chi connectivity index (χ3n) is 4.73. The summed E-state index contributed by atoms with van der Waals surface area (Å²) in [5, 5.41) is 9.38. The molecule has 1 saturated heterocycles. The first-order valence-corrected chi connectivity index (χ1v) is 8.05. The van der Waals surface area contributed by atoms with Crippen LogP contribution in [0, 0.1) is 11.8 Å². The summed E-state index contributed by atoms with van der Waals surface area (Å²) in [6, 6.07) is 9.26. The number of carboxylic acid groups (broad SMARTS) is 1. The van der Waals surface area contributed by atoms with Crippen molar-refractivity contribution in [3.63, 3.8) is 0 Å². The lowest BCUT2D eigenvalue weighted by Gasteiger charge is -2.17. The van der Waals surface area contributed by atoms with E-state index in [4.69, 9.17) is 0 Å². The molecule has 1 N–H and O–H groups in total. The number of likely N-dealkylation sites (tertiary alicyclic amines) is 1. The number of hydrogen-bond acceptors (Lipinski definition) is 2. The van der Waals surface area contributed by atoms with Gasteiger partial charge in [0.1, 0.15) is 0 Å². The lowest BCUT2D eigenvalue weighted by molar-refractivity contribution is -0.136. The molecular weight excluding hydrogens is 290 g/mol. The number of benzene rings is 1. The van der Waals surface area contributed by atoms with E-state index < -0.39 is 5.97 Å². The summed E-state index contributed by atoms with van der Waals surface area (Å²) in [7, 11) is 0. The molecule has 0 bridgehead atoms. The van der Waals surface area contributed by atoms with Gasteiger partial charge in [-0.25, -0.2) is 4.79 Å². The molecule has 1 aliphatic heterocycles. The molecule has 0 spiro atoms. The minimum Gasteiger partial charge on any atom is -0.478 e. The Bertz CT molecular complexity index is 632. The van der Waals surface area contributed by atoms with Crippen LogP contribution in [0.5, 0.6) is 0 Å². The van der Waals surface area contributed by atoms with Crippen molar-refractivity contribution in [2.75, 3.05) is 13.1 Å².